The number of benzene rings is 3. The van der Waals surface area contributed by atoms with Gasteiger partial charge in [0.25, 0.3) is 0 Å². The second-order valence-electron chi connectivity index (χ2n) is 32.4. The summed E-state index contributed by atoms with van der Waals surface area (Å²) < 4.78 is 23.4. The van der Waals surface area contributed by atoms with Crippen LogP contribution in [0.25, 0.3) is 0 Å². The van der Waals surface area contributed by atoms with Crippen LogP contribution in [0.5, 0.6) is 0 Å². The summed E-state index contributed by atoms with van der Waals surface area (Å²) in [7, 11) is 0. The van der Waals surface area contributed by atoms with Crippen LogP contribution in [-0.4, -0.2) is 25.4 Å². The molecule has 0 radical (unpaired) electrons. The lowest BCUT2D eigenvalue weighted by Crippen LogP contribution is -2.21. The van der Waals surface area contributed by atoms with Crippen LogP contribution >= 0.6 is 0 Å². The molecule has 3 aromatic rings. The maximum atomic E-state index is 12.6. The van der Waals surface area contributed by atoms with E-state index in [2.05, 4.69) is 187 Å². The Bertz CT molecular complexity index is 1630. The fourth-order valence-electron chi connectivity index (χ4n) is 12.6. The lowest BCUT2D eigenvalue weighted by molar-refractivity contribution is 0.000174. The van der Waals surface area contributed by atoms with Crippen molar-refractivity contribution >= 4 is 0 Å². The zero-order valence-corrected chi connectivity index (χ0v) is 63.5. The third-order valence-corrected chi connectivity index (χ3v) is 21.1. The lowest BCUT2D eigenvalue weighted by atomic mass is 9.84. The highest BCUT2D eigenvalue weighted by Gasteiger charge is 2.18. The standard InChI is InChI=1S/C8H9F.6C8H16.2C8H10.2C7H14O.2CH4.4H2/c1-6-3-4-7(2)8(9)5-6;8*1-7-3-5-8(2)6-4-7;2*1-6-3-4-7(2)8-5-6;;;;;;/h3-5H,1-2H3;6*7-8H,3-6H2,1-2H3;2*3-6H,1-2H3;2*6-7H,3-5H2,1-2H3;2*1H4;4*1H/i;;;;;;;;;;;;;1+1;;;. The minimum atomic E-state index is -0.116. The summed E-state index contributed by atoms with van der Waals surface area (Å²) in [6.07, 6.45) is 41.6. The van der Waals surface area contributed by atoms with E-state index in [1.807, 2.05) is 13.0 Å². The van der Waals surface area contributed by atoms with E-state index in [4.69, 9.17) is 9.47 Å². The second kappa shape index (κ2) is 54.6. The molecule has 3 aromatic carbocycles. The van der Waals surface area contributed by atoms with Gasteiger partial charge < -0.3 is 9.47 Å². The molecule has 2 nitrogen and oxygen atoms in total. The first-order valence-corrected chi connectivity index (χ1v) is 38.1. The average Bonchev–Trinajstić information content (AvgIpc) is 1.93. The van der Waals surface area contributed by atoms with Crippen LogP contribution in [0.4, 0.5) is 4.39 Å². The molecule has 0 bridgehead atoms. The molecule has 4 atom stereocenters. The second-order valence-corrected chi connectivity index (χ2v) is 32.4. The fraction of sp³-hybridized carbons (Fsp3) is 0.795. The predicted octanol–water partition coefficient (Wildman–Crippen LogP) is 29.9. The number of halogens is 1. The Balaban J connectivity index is -0.000000228. The van der Waals surface area contributed by atoms with Crippen LogP contribution in [0.3, 0.4) is 0 Å². The van der Waals surface area contributed by atoms with Gasteiger partial charge in [-0.05, 0) is 181 Å². The van der Waals surface area contributed by atoms with Gasteiger partial charge in [-0.15, -0.1) is 0 Å². The van der Waals surface area contributed by atoms with Crippen molar-refractivity contribution in [3.63, 3.8) is 0 Å². The molecule has 2 aliphatic heterocycles. The lowest BCUT2D eigenvalue weighted by Gasteiger charge is -2.23. The first-order chi connectivity index (χ1) is 42.1. The Morgan fingerprint density at radius 3 is 0.527 bits per heavy atom. The van der Waals surface area contributed by atoms with Gasteiger partial charge in [-0.3, -0.25) is 0 Å². The summed E-state index contributed by atoms with van der Waals surface area (Å²) in [5.74, 6) is 13.7. The van der Waals surface area contributed by atoms with Crippen LogP contribution in [0.2, 0.25) is 0 Å². The van der Waals surface area contributed by atoms with Crippen molar-refractivity contribution in [3.05, 3.63) is 106 Å². The van der Waals surface area contributed by atoms with Gasteiger partial charge in [0.2, 0.25) is 0 Å². The summed E-state index contributed by atoms with van der Waals surface area (Å²) in [5.41, 5.74) is 7.00. The van der Waals surface area contributed by atoms with E-state index < -0.39 is 0 Å². The van der Waals surface area contributed by atoms with Crippen LogP contribution in [0, 0.1) is 130 Å². The number of rotatable bonds is 0. The Labute approximate surface area is 577 Å². The molecule has 8 fully saturated rings. The monoisotopic (exact) mass is 1280 g/mol. The van der Waals surface area contributed by atoms with Gasteiger partial charge in [0.05, 0.1) is 12.2 Å². The van der Waals surface area contributed by atoms with Gasteiger partial charge in [0.1, 0.15) is 5.82 Å². The summed E-state index contributed by atoms with van der Waals surface area (Å²) in [6, 6.07) is 22.2. The van der Waals surface area contributed by atoms with Crippen molar-refractivity contribution in [3.8, 4) is 0 Å². The molecule has 0 amide bonds. The normalized spacial score (nSPS) is 30.5. The molecule has 0 spiro atoms. The van der Waals surface area contributed by atoms with E-state index in [-0.39, 0.29) is 26.4 Å². The molecule has 540 valence electrons. The molecule has 11 rings (SSSR count). The van der Waals surface area contributed by atoms with Gasteiger partial charge in [0, 0.05) is 18.9 Å². The van der Waals surface area contributed by atoms with Gasteiger partial charge in [-0.25, -0.2) is 4.39 Å². The third kappa shape index (κ3) is 52.4. The van der Waals surface area contributed by atoms with Crippen molar-refractivity contribution in [1.82, 2.24) is 0 Å². The molecule has 8 aliphatic rings. The summed E-state index contributed by atoms with van der Waals surface area (Å²) in [6.45, 7) is 51.1. The van der Waals surface area contributed by atoms with Crippen molar-refractivity contribution < 1.29 is 19.6 Å². The zero-order chi connectivity index (χ0) is 66.7. The van der Waals surface area contributed by atoms with Crippen LogP contribution in [-0.2, 0) is 9.47 Å². The van der Waals surface area contributed by atoms with E-state index in [1.54, 1.807) is 13.0 Å². The van der Waals surface area contributed by atoms with Gasteiger partial charge in [0.15, 0.2) is 0 Å². The quantitative estimate of drug-likeness (QED) is 0.223. The third-order valence-electron chi connectivity index (χ3n) is 21.1. The predicted molar refractivity (Wildman–Crippen MR) is 418 cm³/mol. The molecule has 0 aromatic heterocycles. The van der Waals surface area contributed by atoms with Gasteiger partial charge in [-0.1, -0.05) is 349 Å². The number of ether oxygens (including phenoxy) is 2. The molecule has 3 heteroatoms. The molecular formula is C88H169FO2. The summed E-state index contributed by atoms with van der Waals surface area (Å²) in [5, 5.41) is 0. The molecule has 0 N–H and O–H groups in total. The van der Waals surface area contributed by atoms with Gasteiger partial charge >= 0.3 is 0 Å². The topological polar surface area (TPSA) is 18.5 Å². The maximum Gasteiger partial charge on any atom is 0.126 e. The molecule has 6 saturated carbocycles. The highest BCUT2D eigenvalue weighted by atomic mass is 19.1. The van der Waals surface area contributed by atoms with Crippen molar-refractivity contribution in [1.29, 1.82) is 0 Å². The van der Waals surface area contributed by atoms with Crippen LogP contribution in [0.15, 0.2) is 66.7 Å². The van der Waals surface area contributed by atoms with Gasteiger partial charge in [-0.2, -0.15) is 0 Å². The Morgan fingerprint density at radius 1 is 0.253 bits per heavy atom. The minimum absolute atomic E-state index is 0. The average molecular weight is 1280 g/mol. The first kappa shape index (κ1) is 90.6. The van der Waals surface area contributed by atoms with E-state index in [9.17, 15) is 4.39 Å². The van der Waals surface area contributed by atoms with Crippen molar-refractivity contribution in [2.24, 2.45) is 82.9 Å². The summed E-state index contributed by atoms with van der Waals surface area (Å²) >= 11 is 0. The smallest absolute Gasteiger partial charge is 0.126 e. The molecular weight excluding hydrogens is 1110 g/mol. The number of hydrogen-bond donors (Lipinski definition) is 0. The van der Waals surface area contributed by atoms with E-state index >= 15 is 0 Å². The highest BCUT2D eigenvalue weighted by Crippen LogP contribution is 2.31. The largest absolute Gasteiger partial charge is 0.378 e. The summed E-state index contributed by atoms with van der Waals surface area (Å²) in [4.78, 5) is 0. The molecule has 4 unspecified atom stereocenters. The van der Waals surface area contributed by atoms with E-state index in [0.717, 1.165) is 102 Å². The van der Waals surface area contributed by atoms with Crippen molar-refractivity contribution in [2.75, 3.05) is 13.2 Å². The number of hydrogen-bond acceptors (Lipinski definition) is 2. The molecule has 91 heavy (non-hydrogen) atoms. The zero-order valence-electron chi connectivity index (χ0n) is 63.5. The minimum Gasteiger partial charge on any atom is -0.378 e. The fourth-order valence-corrected chi connectivity index (χ4v) is 12.6. The number of aryl methyl sites for hydroxylation is 6. The molecule has 2 saturated heterocycles. The van der Waals surface area contributed by atoms with Crippen LogP contribution < -0.4 is 0 Å². The SMILES string of the molecule is C.C.CC1CCC(C)CC1.CC1CCC(C)CC1.CC1CCC(C)CC1.CC1CCC(C)CC1.CC1CCC(C)CC1.CC1CCC(C)CC1.CC1CCC(C)OC1.CC1CCC(C)OC1.Cc1ccc(C)c(F)c1.Cc1ccc(C)cc1.Cc1ccc(C)cc1.[2HH].[HH].[HH].[HH]. The maximum absolute atomic E-state index is 12.6. The van der Waals surface area contributed by atoms with E-state index in [1.165, 1.54) is 208 Å². The highest BCUT2D eigenvalue weighted by molar-refractivity contribution is 5.22. The molecule has 2 heterocycles. The van der Waals surface area contributed by atoms with Crippen molar-refractivity contribution in [2.45, 2.75) is 359 Å². The van der Waals surface area contributed by atoms with E-state index in [0.29, 0.717) is 17.8 Å². The Kier molecular flexibility index (Phi) is 54.4. The van der Waals surface area contributed by atoms with Crippen LogP contribution in [0.1, 0.15) is 345 Å². The Morgan fingerprint density at radius 2 is 0.407 bits per heavy atom. The Hall–Kier alpha value is -2.49. The first-order valence-electron chi connectivity index (χ1n) is 38.1. The molecule has 6 aliphatic carbocycles.